The number of aromatic nitrogens is 1. The molecule has 1 aliphatic rings. The van der Waals surface area contributed by atoms with Crippen LogP contribution in [0, 0.1) is 6.92 Å². The molecule has 0 bridgehead atoms. The molecule has 1 aliphatic heterocycles. The Bertz CT molecular complexity index is 1490. The van der Waals surface area contributed by atoms with E-state index in [1.165, 1.54) is 30.5 Å². The average Bonchev–Trinajstić information content (AvgIpc) is 3.41. The molecule has 176 valence electrons. The van der Waals surface area contributed by atoms with Crippen LogP contribution in [0.1, 0.15) is 22.7 Å². The van der Waals surface area contributed by atoms with E-state index in [1.54, 1.807) is 48.5 Å². The van der Waals surface area contributed by atoms with E-state index in [2.05, 4.69) is 4.98 Å². The number of amides is 1. The number of thiazole rings is 1. The fraction of sp³-hybridized carbons (Fsp3) is 0.148. The number of hydrogen-bond acceptors (Lipinski definition) is 7. The molecule has 0 aliphatic carbocycles. The van der Waals surface area contributed by atoms with Gasteiger partial charge in [0.2, 0.25) is 0 Å². The zero-order chi connectivity index (χ0) is 24.7. The number of aryl methyl sites for hydroxylation is 1. The average molecular weight is 487 g/mol. The summed E-state index contributed by atoms with van der Waals surface area (Å²) in [5, 5.41) is 11.6. The zero-order valence-corrected chi connectivity index (χ0v) is 20.1. The van der Waals surface area contributed by atoms with Crippen molar-refractivity contribution in [3.05, 3.63) is 89.0 Å². The summed E-state index contributed by atoms with van der Waals surface area (Å²) in [4.78, 5) is 32.9. The standard InChI is InChI=1S/C27H22N2O5S/c1-15-12-13-18-20(14-15)35-27(28-18)29-22(17-10-7-11-19(33-2)25(17)34-3)21(24(31)26(29)32)23(30)16-8-5-4-6-9-16/h4-14,22,30H,1-3H3/t22-/m1/s1. The molecule has 0 spiro atoms. The second-order valence-electron chi connectivity index (χ2n) is 8.09. The van der Waals surface area contributed by atoms with Gasteiger partial charge in [-0.3, -0.25) is 14.5 Å². The number of fused-ring (bicyclic) bond motifs is 1. The molecule has 1 fully saturated rings. The second kappa shape index (κ2) is 8.88. The van der Waals surface area contributed by atoms with Crippen LogP contribution in [0.15, 0.2) is 72.3 Å². The van der Waals surface area contributed by atoms with Crippen LogP contribution in [0.3, 0.4) is 0 Å². The maximum atomic E-state index is 13.5. The van der Waals surface area contributed by atoms with E-state index in [1.807, 2.05) is 25.1 Å². The van der Waals surface area contributed by atoms with Crippen LogP contribution < -0.4 is 14.4 Å². The molecular formula is C27H22N2O5S. The third-order valence-corrected chi connectivity index (χ3v) is 6.98. The van der Waals surface area contributed by atoms with Crippen LogP contribution in [0.2, 0.25) is 0 Å². The summed E-state index contributed by atoms with van der Waals surface area (Å²) in [5.41, 5.74) is 2.67. The van der Waals surface area contributed by atoms with Crippen molar-refractivity contribution in [1.29, 1.82) is 0 Å². The highest BCUT2D eigenvalue weighted by atomic mass is 32.1. The van der Waals surface area contributed by atoms with Gasteiger partial charge in [0.1, 0.15) is 11.8 Å². The van der Waals surface area contributed by atoms with E-state index in [9.17, 15) is 14.7 Å². The van der Waals surface area contributed by atoms with Gasteiger partial charge in [-0.25, -0.2) is 4.98 Å². The van der Waals surface area contributed by atoms with Crippen molar-refractivity contribution in [3.8, 4) is 11.5 Å². The predicted octanol–water partition coefficient (Wildman–Crippen LogP) is 5.25. The Hall–Kier alpha value is -4.17. The zero-order valence-electron chi connectivity index (χ0n) is 19.3. The summed E-state index contributed by atoms with van der Waals surface area (Å²) in [5.74, 6) is -1.03. The summed E-state index contributed by atoms with van der Waals surface area (Å²) >= 11 is 1.31. The van der Waals surface area contributed by atoms with E-state index >= 15 is 0 Å². The fourth-order valence-electron chi connectivity index (χ4n) is 4.33. The first-order valence-electron chi connectivity index (χ1n) is 10.9. The summed E-state index contributed by atoms with van der Waals surface area (Å²) in [6, 6.07) is 18.7. The van der Waals surface area contributed by atoms with Gasteiger partial charge >= 0.3 is 5.91 Å². The van der Waals surface area contributed by atoms with Crippen LogP contribution in [-0.2, 0) is 9.59 Å². The maximum Gasteiger partial charge on any atom is 0.301 e. The topological polar surface area (TPSA) is 89.0 Å². The van der Waals surface area contributed by atoms with E-state index in [0.29, 0.717) is 27.8 Å². The van der Waals surface area contributed by atoms with Gasteiger partial charge in [0.15, 0.2) is 16.6 Å². The Morgan fingerprint density at radius 2 is 1.77 bits per heavy atom. The number of methoxy groups -OCH3 is 2. The van der Waals surface area contributed by atoms with Crippen molar-refractivity contribution in [2.24, 2.45) is 0 Å². The Balaban J connectivity index is 1.79. The highest BCUT2D eigenvalue weighted by Crippen LogP contribution is 2.48. The van der Waals surface area contributed by atoms with Crippen molar-refractivity contribution in [2.45, 2.75) is 13.0 Å². The van der Waals surface area contributed by atoms with Gasteiger partial charge in [-0.2, -0.15) is 0 Å². The van der Waals surface area contributed by atoms with Crippen LogP contribution >= 0.6 is 11.3 Å². The smallest absolute Gasteiger partial charge is 0.301 e. The van der Waals surface area contributed by atoms with Crippen molar-refractivity contribution >= 4 is 44.1 Å². The summed E-state index contributed by atoms with van der Waals surface area (Å²) in [6.07, 6.45) is 0. The summed E-state index contributed by atoms with van der Waals surface area (Å²) in [7, 11) is 3.00. The minimum atomic E-state index is -0.970. The summed E-state index contributed by atoms with van der Waals surface area (Å²) < 4.78 is 12.0. The van der Waals surface area contributed by atoms with Crippen LogP contribution in [-0.4, -0.2) is 36.0 Å². The molecule has 0 unspecified atom stereocenters. The lowest BCUT2D eigenvalue weighted by Gasteiger charge is -2.25. The highest BCUT2D eigenvalue weighted by Gasteiger charge is 2.49. The number of hydrogen-bond donors (Lipinski definition) is 1. The monoisotopic (exact) mass is 486 g/mol. The second-order valence-corrected chi connectivity index (χ2v) is 9.09. The number of Topliss-reactive ketones (excluding diaryl/α,β-unsaturated/α-hetero) is 1. The molecule has 4 aromatic rings. The lowest BCUT2D eigenvalue weighted by molar-refractivity contribution is -0.132. The van der Waals surface area contributed by atoms with Gasteiger partial charge in [0.25, 0.3) is 5.78 Å². The van der Waals surface area contributed by atoms with Crippen LogP contribution in [0.25, 0.3) is 16.0 Å². The maximum absolute atomic E-state index is 13.5. The molecule has 1 amide bonds. The number of ether oxygens (including phenoxy) is 2. The molecule has 1 N–H and O–H groups in total. The van der Waals surface area contributed by atoms with Gasteiger partial charge in [0, 0.05) is 11.1 Å². The first-order valence-corrected chi connectivity index (χ1v) is 11.7. The van der Waals surface area contributed by atoms with Crippen molar-refractivity contribution < 1.29 is 24.2 Å². The van der Waals surface area contributed by atoms with Gasteiger partial charge < -0.3 is 14.6 Å². The lowest BCUT2D eigenvalue weighted by Crippen LogP contribution is -2.29. The minimum absolute atomic E-state index is 0.0387. The van der Waals surface area contributed by atoms with Gasteiger partial charge in [0.05, 0.1) is 30.0 Å². The van der Waals surface area contributed by atoms with Crippen molar-refractivity contribution in [2.75, 3.05) is 19.1 Å². The number of ketones is 1. The number of carbonyl (C=O) groups is 2. The number of nitrogens with zero attached hydrogens (tertiary/aromatic N) is 2. The first kappa shape index (κ1) is 22.6. The van der Waals surface area contributed by atoms with Crippen molar-refractivity contribution in [3.63, 3.8) is 0 Å². The molecule has 0 saturated carbocycles. The SMILES string of the molecule is COc1cccc([C@@H]2C(=C(O)c3ccccc3)C(=O)C(=O)N2c2nc3ccc(C)cc3s2)c1OC. The Labute approximate surface area is 205 Å². The van der Waals surface area contributed by atoms with E-state index in [-0.39, 0.29) is 11.3 Å². The molecule has 3 aromatic carbocycles. The van der Waals surface area contributed by atoms with E-state index < -0.39 is 17.7 Å². The van der Waals surface area contributed by atoms with Gasteiger partial charge in [-0.05, 0) is 30.7 Å². The van der Waals surface area contributed by atoms with Crippen molar-refractivity contribution in [1.82, 2.24) is 4.98 Å². The molecular weight excluding hydrogens is 464 g/mol. The quantitative estimate of drug-likeness (QED) is 0.236. The number of carbonyl (C=O) groups excluding carboxylic acids is 2. The number of anilines is 1. The third-order valence-electron chi connectivity index (χ3n) is 5.96. The summed E-state index contributed by atoms with van der Waals surface area (Å²) in [6.45, 7) is 1.98. The molecule has 1 atom stereocenters. The Morgan fingerprint density at radius 1 is 1.00 bits per heavy atom. The fourth-order valence-corrected chi connectivity index (χ4v) is 5.42. The Morgan fingerprint density at radius 3 is 2.49 bits per heavy atom. The molecule has 1 aromatic heterocycles. The molecule has 7 nitrogen and oxygen atoms in total. The van der Waals surface area contributed by atoms with E-state index in [4.69, 9.17) is 9.47 Å². The van der Waals surface area contributed by atoms with E-state index in [0.717, 1.165) is 15.8 Å². The third kappa shape index (κ3) is 3.72. The minimum Gasteiger partial charge on any atom is -0.507 e. The van der Waals surface area contributed by atoms with Crippen LogP contribution in [0.5, 0.6) is 11.5 Å². The van der Waals surface area contributed by atoms with Gasteiger partial charge in [-0.15, -0.1) is 0 Å². The number of aliphatic hydroxyl groups excluding tert-OH is 1. The highest BCUT2D eigenvalue weighted by molar-refractivity contribution is 7.22. The molecule has 8 heteroatoms. The molecule has 1 saturated heterocycles. The first-order chi connectivity index (χ1) is 16.9. The van der Waals surface area contributed by atoms with Gasteiger partial charge in [-0.1, -0.05) is 59.9 Å². The normalized spacial score (nSPS) is 17.2. The number of para-hydroxylation sites is 1. The number of aliphatic hydroxyl groups is 1. The number of benzene rings is 3. The Kier molecular flexibility index (Phi) is 5.74. The van der Waals surface area contributed by atoms with Crippen LogP contribution in [0.4, 0.5) is 5.13 Å². The molecule has 2 heterocycles. The molecule has 5 rings (SSSR count). The predicted molar refractivity (Wildman–Crippen MR) is 135 cm³/mol. The lowest BCUT2D eigenvalue weighted by atomic mass is 9.94. The largest absolute Gasteiger partial charge is 0.507 e. The molecule has 0 radical (unpaired) electrons. The number of rotatable bonds is 5. The molecule has 35 heavy (non-hydrogen) atoms.